The summed E-state index contributed by atoms with van der Waals surface area (Å²) in [7, 11) is 0. The minimum absolute atomic E-state index is 0.00873. The second-order valence-electron chi connectivity index (χ2n) is 5.92. The zero-order valence-electron chi connectivity index (χ0n) is 15.4. The zero-order chi connectivity index (χ0) is 19.3. The molecule has 0 aromatic heterocycles. The summed E-state index contributed by atoms with van der Waals surface area (Å²) in [5.74, 6) is -0.00873. The highest BCUT2D eigenvalue weighted by atomic mass is 16.9. The number of carbonyl (C=O) groups excluding carboxylic acids is 1. The number of hydrogen-bond donors (Lipinski definition) is 5. The van der Waals surface area contributed by atoms with Crippen molar-refractivity contribution in [2.75, 3.05) is 6.54 Å². The Morgan fingerprint density at radius 1 is 1.00 bits per heavy atom. The Morgan fingerprint density at radius 2 is 1.36 bits per heavy atom. The fourth-order valence-electron chi connectivity index (χ4n) is 2.35. The molecule has 0 fully saturated rings. The van der Waals surface area contributed by atoms with Gasteiger partial charge in [-0.2, -0.15) is 0 Å². The molecule has 0 aromatic rings. The molecule has 0 saturated carbocycles. The molecule has 2 amide bonds. The number of rotatable bonds is 13. The van der Waals surface area contributed by atoms with Crippen LogP contribution in [0.2, 0.25) is 0 Å². The lowest BCUT2D eigenvalue weighted by molar-refractivity contribution is -0.742. The van der Waals surface area contributed by atoms with E-state index in [9.17, 15) is 4.79 Å². The highest BCUT2D eigenvalue weighted by Gasteiger charge is 1.98. The van der Waals surface area contributed by atoms with Gasteiger partial charge < -0.3 is 16.3 Å². The maximum absolute atomic E-state index is 10.5. The zero-order valence-corrected chi connectivity index (χ0v) is 15.4. The van der Waals surface area contributed by atoms with Crippen molar-refractivity contribution < 1.29 is 15.1 Å². The summed E-state index contributed by atoms with van der Waals surface area (Å²) in [5, 5.41) is 26.0. The normalized spacial score (nSPS) is 9.64. The predicted octanol–water partition coefficient (Wildman–Crippen LogP) is 3.53. The maximum atomic E-state index is 10.5. The van der Waals surface area contributed by atoms with Gasteiger partial charge in [0.05, 0.1) is 0 Å². The van der Waals surface area contributed by atoms with Gasteiger partial charge in [-0.3, -0.25) is 10.7 Å². The fourth-order valence-corrected chi connectivity index (χ4v) is 2.35. The number of carbonyl (C=O) groups is 1. The molecule has 0 aliphatic rings. The van der Waals surface area contributed by atoms with Gasteiger partial charge in [0.1, 0.15) is 0 Å². The third kappa shape index (κ3) is 30.4. The van der Waals surface area contributed by atoms with Crippen LogP contribution < -0.4 is 16.4 Å². The van der Waals surface area contributed by atoms with Crippen molar-refractivity contribution in [1.82, 2.24) is 10.6 Å². The largest absolute Gasteiger partial charge is 0.356 e. The summed E-state index contributed by atoms with van der Waals surface area (Å²) in [6, 6.07) is -0.692. The molecule has 0 unspecified atom stereocenters. The summed E-state index contributed by atoms with van der Waals surface area (Å²) in [4.78, 5) is 18.8. The van der Waals surface area contributed by atoms with Crippen molar-refractivity contribution in [3.05, 3.63) is 10.1 Å². The van der Waals surface area contributed by atoms with Crippen molar-refractivity contribution in [2.45, 2.75) is 84.0 Å². The minimum Gasteiger partial charge on any atom is -0.356 e. The monoisotopic (exact) mass is 361 g/mol. The van der Waals surface area contributed by atoms with Crippen LogP contribution >= 0.6 is 0 Å². The Bertz CT molecular complexity index is 349. The Kier molecular flexibility index (Phi) is 20.1. The van der Waals surface area contributed by atoms with Crippen LogP contribution in [0.15, 0.2) is 0 Å². The molecule has 0 bridgehead atoms. The first-order chi connectivity index (χ1) is 11.9. The molecule has 0 aliphatic carbocycles. The van der Waals surface area contributed by atoms with Crippen LogP contribution in [0, 0.1) is 15.5 Å². The average molecular weight is 361 g/mol. The number of guanidine groups is 1. The number of nitrogens with two attached hydrogens (primary N) is 1. The van der Waals surface area contributed by atoms with Crippen LogP contribution in [-0.2, 0) is 0 Å². The van der Waals surface area contributed by atoms with Gasteiger partial charge in [0, 0.05) is 6.54 Å². The van der Waals surface area contributed by atoms with E-state index in [1.807, 2.05) is 0 Å². The molecule has 0 radical (unpaired) electrons. The van der Waals surface area contributed by atoms with Crippen molar-refractivity contribution in [3.8, 4) is 0 Å². The van der Waals surface area contributed by atoms with E-state index in [2.05, 4.69) is 17.6 Å². The number of nitrogens with zero attached hydrogens (tertiary/aromatic N) is 1. The lowest BCUT2D eigenvalue weighted by Crippen LogP contribution is -2.43. The molecule has 0 aromatic carbocycles. The molecule has 0 atom stereocenters. The van der Waals surface area contributed by atoms with Gasteiger partial charge in [-0.1, -0.05) is 77.6 Å². The first-order valence-electron chi connectivity index (χ1n) is 9.12. The number of unbranched alkanes of at least 4 members (excludes halogenated alkanes) is 11. The minimum atomic E-state index is -1.50. The number of amides is 2. The van der Waals surface area contributed by atoms with Crippen LogP contribution in [0.3, 0.4) is 0 Å². The molecule has 9 nitrogen and oxygen atoms in total. The molecule has 6 N–H and O–H groups in total. The second kappa shape index (κ2) is 20.0. The van der Waals surface area contributed by atoms with E-state index in [-0.39, 0.29) is 5.96 Å². The highest BCUT2D eigenvalue weighted by molar-refractivity contribution is 5.93. The van der Waals surface area contributed by atoms with Gasteiger partial charge >= 0.3 is 6.03 Å². The van der Waals surface area contributed by atoms with Crippen molar-refractivity contribution in [3.63, 3.8) is 0 Å². The lowest BCUT2D eigenvalue weighted by atomic mass is 10.1. The van der Waals surface area contributed by atoms with Gasteiger partial charge in [0.15, 0.2) is 5.96 Å². The molecule has 0 heterocycles. The summed E-state index contributed by atoms with van der Waals surface area (Å²) in [6.45, 7) is 2.98. The van der Waals surface area contributed by atoms with Crippen molar-refractivity contribution in [2.24, 2.45) is 5.73 Å². The van der Waals surface area contributed by atoms with Crippen molar-refractivity contribution in [1.29, 1.82) is 5.41 Å². The number of hydrogen-bond acceptors (Lipinski definition) is 4. The van der Waals surface area contributed by atoms with Crippen LogP contribution in [-0.4, -0.2) is 28.8 Å². The van der Waals surface area contributed by atoms with E-state index in [4.69, 9.17) is 26.5 Å². The first-order valence-corrected chi connectivity index (χ1v) is 9.12. The molecule has 148 valence electrons. The molecule has 0 spiro atoms. The molecule has 0 rings (SSSR count). The maximum Gasteiger partial charge on any atom is 0.318 e. The number of primary amides is 1. The summed E-state index contributed by atoms with van der Waals surface area (Å²) < 4.78 is 0. The topological polar surface area (TPSA) is 154 Å². The predicted molar refractivity (Wildman–Crippen MR) is 98.3 cm³/mol. The Balaban J connectivity index is 0. The highest BCUT2D eigenvalue weighted by Crippen LogP contribution is 2.11. The van der Waals surface area contributed by atoms with Gasteiger partial charge in [0.25, 0.3) is 5.09 Å². The summed E-state index contributed by atoms with van der Waals surface area (Å²) in [5.41, 5.74) is 4.91. The van der Waals surface area contributed by atoms with Crippen LogP contribution in [0.4, 0.5) is 4.79 Å². The van der Waals surface area contributed by atoms with Crippen LogP contribution in [0.1, 0.15) is 84.0 Å². The molecular weight excluding hydrogens is 326 g/mol. The number of urea groups is 1. The lowest BCUT2D eigenvalue weighted by Gasteiger charge is -2.07. The Labute approximate surface area is 150 Å². The van der Waals surface area contributed by atoms with Crippen LogP contribution in [0.25, 0.3) is 0 Å². The SMILES string of the molecule is CCCCCCCCCCCCCCNC(=N)NC(N)=O.O=[N+]([O-])O. The smallest absolute Gasteiger partial charge is 0.318 e. The van der Waals surface area contributed by atoms with Crippen LogP contribution in [0.5, 0.6) is 0 Å². The molecule has 25 heavy (non-hydrogen) atoms. The standard InChI is InChI=1S/C16H34N4O.HNO3/c1-2-3-4-5-6-7-8-9-10-11-12-13-14-19-15(17)20-16(18)21;2-1(3)4/h2-14H2,1H3,(H5,17,18,19,20,21);(H,2,3,4). The van der Waals surface area contributed by atoms with Gasteiger partial charge in [-0.25, -0.2) is 4.79 Å². The quantitative estimate of drug-likeness (QED) is 0.112. The van der Waals surface area contributed by atoms with E-state index in [0.717, 1.165) is 13.0 Å². The summed E-state index contributed by atoms with van der Waals surface area (Å²) >= 11 is 0. The van der Waals surface area contributed by atoms with E-state index in [1.54, 1.807) is 0 Å². The third-order valence-electron chi connectivity index (χ3n) is 3.58. The van der Waals surface area contributed by atoms with E-state index < -0.39 is 11.1 Å². The van der Waals surface area contributed by atoms with E-state index in [1.165, 1.54) is 70.6 Å². The van der Waals surface area contributed by atoms with Crippen molar-refractivity contribution >= 4 is 12.0 Å². The van der Waals surface area contributed by atoms with E-state index >= 15 is 0 Å². The van der Waals surface area contributed by atoms with E-state index in [0.29, 0.717) is 0 Å². The second-order valence-corrected chi connectivity index (χ2v) is 5.92. The number of nitrogens with one attached hydrogen (secondary N) is 3. The molecule has 9 heteroatoms. The van der Waals surface area contributed by atoms with Gasteiger partial charge in [-0.05, 0) is 6.42 Å². The molecular formula is C16H35N5O4. The fraction of sp³-hybridized carbons (Fsp3) is 0.875. The summed E-state index contributed by atoms with van der Waals surface area (Å²) in [6.07, 6.45) is 15.8. The van der Waals surface area contributed by atoms with Gasteiger partial charge in [-0.15, -0.1) is 10.1 Å². The third-order valence-corrected chi connectivity index (χ3v) is 3.58. The average Bonchev–Trinajstić information content (AvgIpc) is 2.50. The Hall–Kier alpha value is -2.06. The molecule has 0 aliphatic heterocycles. The molecule has 0 saturated heterocycles. The Morgan fingerprint density at radius 3 is 1.72 bits per heavy atom. The first kappa shape index (κ1) is 25.2. The van der Waals surface area contributed by atoms with Gasteiger partial charge in [0.2, 0.25) is 0 Å².